The van der Waals surface area contributed by atoms with Gasteiger partial charge < -0.3 is 14.4 Å². The second-order valence-corrected chi connectivity index (χ2v) is 10.4. The summed E-state index contributed by atoms with van der Waals surface area (Å²) in [6, 6.07) is 43.4. The molecule has 41 heavy (non-hydrogen) atoms. The fraction of sp³-hybridized carbons (Fsp3) is 0.0811. The predicted octanol–water partition coefficient (Wildman–Crippen LogP) is 9.30. The van der Waals surface area contributed by atoms with Crippen molar-refractivity contribution in [1.29, 1.82) is 0 Å². The molecule has 0 N–H and O–H groups in total. The zero-order chi connectivity index (χ0) is 27.1. The van der Waals surface area contributed by atoms with E-state index in [-0.39, 0.29) is 25.5 Å². The van der Waals surface area contributed by atoms with Crippen LogP contribution in [-0.2, 0) is 25.5 Å². The van der Waals surface area contributed by atoms with Crippen molar-refractivity contribution in [1.82, 2.24) is 9.97 Å². The van der Waals surface area contributed by atoms with Crippen molar-refractivity contribution in [2.75, 3.05) is 0 Å². The molecule has 201 valence electrons. The Balaban J connectivity index is 0.000000145. The molecule has 0 aliphatic heterocycles. The van der Waals surface area contributed by atoms with Crippen LogP contribution in [0.4, 0.5) is 0 Å². The zero-order valence-corrected chi connectivity index (χ0v) is 25.1. The third-order valence-corrected chi connectivity index (χ3v) is 7.69. The Morgan fingerprint density at radius 3 is 2.00 bits per heavy atom. The fourth-order valence-electron chi connectivity index (χ4n) is 5.87. The quantitative estimate of drug-likeness (QED) is 0.168. The smallest absolute Gasteiger partial charge is 0.120 e. The Morgan fingerprint density at radius 2 is 1.24 bits per heavy atom. The predicted molar refractivity (Wildman–Crippen MR) is 162 cm³/mol. The molecule has 4 aromatic carbocycles. The molecule has 3 aromatic heterocycles. The van der Waals surface area contributed by atoms with Gasteiger partial charge in [0.05, 0.1) is 5.58 Å². The van der Waals surface area contributed by atoms with E-state index in [9.17, 15) is 0 Å². The van der Waals surface area contributed by atoms with Gasteiger partial charge in [-0.1, -0.05) is 97.1 Å². The van der Waals surface area contributed by atoms with Crippen LogP contribution in [0.1, 0.15) is 25.0 Å². The standard InChI is InChI=1S/C20H16N.C17H10NO.Ir/c1-20(2)17-11-4-3-8-14(17)15-9-7-10-16(19(15)20)18-12-5-6-13-21-18;1-2-10-16-12(6-1)13-7-5-8-14(17(13)19-16)15-9-3-4-11-18-15;/h3-9,11-13H,1-2H3;1-7,9-11H;/q2*-1;. The van der Waals surface area contributed by atoms with E-state index in [4.69, 9.17) is 4.42 Å². The van der Waals surface area contributed by atoms with Crippen molar-refractivity contribution in [2.24, 2.45) is 0 Å². The second kappa shape index (κ2) is 10.9. The number of nitrogens with zero attached hydrogens (tertiary/aromatic N) is 2. The van der Waals surface area contributed by atoms with Gasteiger partial charge in [-0.05, 0) is 46.1 Å². The van der Waals surface area contributed by atoms with Crippen molar-refractivity contribution in [3.8, 4) is 33.6 Å². The van der Waals surface area contributed by atoms with Gasteiger partial charge >= 0.3 is 0 Å². The summed E-state index contributed by atoms with van der Waals surface area (Å²) in [5.74, 6) is 0. The molecule has 0 saturated heterocycles. The van der Waals surface area contributed by atoms with Gasteiger partial charge in [0.1, 0.15) is 5.58 Å². The molecule has 4 heteroatoms. The van der Waals surface area contributed by atoms with E-state index in [1.165, 1.54) is 22.3 Å². The van der Waals surface area contributed by atoms with Crippen molar-refractivity contribution in [3.63, 3.8) is 0 Å². The molecular weight excluding hydrogens is 681 g/mol. The van der Waals surface area contributed by atoms with Crippen molar-refractivity contribution < 1.29 is 24.5 Å². The zero-order valence-electron chi connectivity index (χ0n) is 22.7. The Morgan fingerprint density at radius 1 is 0.610 bits per heavy atom. The molecular formula is C37H26IrN2O-2. The molecule has 0 unspecified atom stereocenters. The van der Waals surface area contributed by atoms with Gasteiger partial charge in [0.25, 0.3) is 0 Å². The van der Waals surface area contributed by atoms with E-state index >= 15 is 0 Å². The normalized spacial score (nSPS) is 12.6. The van der Waals surface area contributed by atoms with Crippen molar-refractivity contribution >= 4 is 21.9 Å². The van der Waals surface area contributed by atoms with Gasteiger partial charge in [0.2, 0.25) is 0 Å². The van der Waals surface area contributed by atoms with E-state index in [1.54, 1.807) is 6.20 Å². The van der Waals surface area contributed by atoms with Crippen LogP contribution in [0.5, 0.6) is 0 Å². The Labute approximate surface area is 253 Å². The number of furan rings is 1. The van der Waals surface area contributed by atoms with Crippen LogP contribution in [0, 0.1) is 12.1 Å². The van der Waals surface area contributed by atoms with Gasteiger partial charge in [-0.2, -0.15) is 0 Å². The van der Waals surface area contributed by atoms with Gasteiger partial charge in [-0.25, -0.2) is 0 Å². The molecule has 0 atom stereocenters. The van der Waals surface area contributed by atoms with Crippen molar-refractivity contribution in [3.05, 3.63) is 145 Å². The van der Waals surface area contributed by atoms with Gasteiger partial charge in [-0.3, -0.25) is 0 Å². The minimum atomic E-state index is -0.0173. The first-order valence-electron chi connectivity index (χ1n) is 13.4. The van der Waals surface area contributed by atoms with E-state index in [2.05, 4.69) is 78.4 Å². The number of pyridine rings is 2. The third kappa shape index (κ3) is 4.60. The average molecular weight is 707 g/mol. The van der Waals surface area contributed by atoms with Gasteiger partial charge in [0, 0.05) is 37.9 Å². The van der Waals surface area contributed by atoms with Crippen LogP contribution >= 0.6 is 0 Å². The summed E-state index contributed by atoms with van der Waals surface area (Å²) in [5, 5.41) is 2.23. The molecule has 7 aromatic rings. The van der Waals surface area contributed by atoms with E-state index < -0.39 is 0 Å². The molecule has 0 bridgehead atoms. The average Bonchev–Trinajstić information content (AvgIpc) is 3.51. The molecule has 8 rings (SSSR count). The van der Waals surface area contributed by atoms with E-state index in [1.807, 2.05) is 72.9 Å². The molecule has 0 amide bonds. The summed E-state index contributed by atoms with van der Waals surface area (Å²) < 4.78 is 5.97. The first kappa shape index (κ1) is 26.8. The number of rotatable bonds is 2. The second-order valence-electron chi connectivity index (χ2n) is 10.4. The van der Waals surface area contributed by atoms with Gasteiger partial charge in [-0.15, -0.1) is 47.5 Å². The monoisotopic (exact) mass is 707 g/mol. The van der Waals surface area contributed by atoms with Crippen LogP contribution in [0.15, 0.2) is 126 Å². The van der Waals surface area contributed by atoms with E-state index in [0.29, 0.717) is 0 Å². The molecule has 3 heterocycles. The summed E-state index contributed by atoms with van der Waals surface area (Å²) in [5.41, 5.74) is 11.0. The Bertz CT molecular complexity index is 1980. The Hall–Kier alpha value is -4.37. The molecule has 3 nitrogen and oxygen atoms in total. The summed E-state index contributed by atoms with van der Waals surface area (Å²) in [4.78, 5) is 8.90. The largest absolute Gasteiger partial charge is 0.501 e. The summed E-state index contributed by atoms with van der Waals surface area (Å²) in [6.07, 6.45) is 3.63. The number of hydrogen-bond donors (Lipinski definition) is 0. The third-order valence-electron chi connectivity index (χ3n) is 7.69. The first-order chi connectivity index (χ1) is 19.6. The number of hydrogen-bond acceptors (Lipinski definition) is 3. The number of benzene rings is 4. The summed E-state index contributed by atoms with van der Waals surface area (Å²) in [6.45, 7) is 4.58. The molecule has 1 aliphatic rings. The maximum atomic E-state index is 5.97. The van der Waals surface area contributed by atoms with Gasteiger partial charge in [0.15, 0.2) is 0 Å². The van der Waals surface area contributed by atoms with Crippen LogP contribution in [0.25, 0.3) is 55.6 Å². The van der Waals surface area contributed by atoms with Crippen LogP contribution < -0.4 is 0 Å². The molecule has 1 radical (unpaired) electrons. The minimum Gasteiger partial charge on any atom is -0.501 e. The topological polar surface area (TPSA) is 38.9 Å². The van der Waals surface area contributed by atoms with Crippen LogP contribution in [0.3, 0.4) is 0 Å². The molecule has 0 spiro atoms. The fourth-order valence-corrected chi connectivity index (χ4v) is 5.87. The van der Waals surface area contributed by atoms with Crippen LogP contribution in [0.2, 0.25) is 0 Å². The van der Waals surface area contributed by atoms with E-state index in [0.717, 1.165) is 44.5 Å². The van der Waals surface area contributed by atoms with Crippen molar-refractivity contribution in [2.45, 2.75) is 19.3 Å². The minimum absolute atomic E-state index is 0. The molecule has 0 saturated carbocycles. The molecule has 1 aliphatic carbocycles. The maximum Gasteiger partial charge on any atom is 0.120 e. The number of aromatic nitrogens is 2. The summed E-state index contributed by atoms with van der Waals surface area (Å²) >= 11 is 0. The first-order valence-corrected chi connectivity index (χ1v) is 13.4. The molecule has 0 fully saturated rings. The number of para-hydroxylation sites is 1. The SMILES string of the molecule is CC1(C)c2ccccc2-c2cc[c-]c(-c3ccccn3)c21.[Ir].[c-]1ccc2c(oc3ccccc32)c1-c1ccccn1. The summed E-state index contributed by atoms with van der Waals surface area (Å²) in [7, 11) is 0. The van der Waals surface area contributed by atoms with Crippen LogP contribution in [-0.4, -0.2) is 9.97 Å². The number of fused-ring (bicyclic) bond motifs is 6. The maximum absolute atomic E-state index is 5.97. The Kier molecular flexibility index (Phi) is 7.13.